The SMILES string of the molecule is CC1(C)C(Nc2ccc(O)c(F)c2)[C@]2(C)CC[C@H]1C2. The third-order valence-corrected chi connectivity index (χ3v) is 5.53. The Hall–Kier alpha value is -1.25. The molecular formula is C16H22FNO. The van der Waals surface area contributed by atoms with E-state index in [4.69, 9.17) is 0 Å². The minimum absolute atomic E-state index is 0.237. The maximum atomic E-state index is 13.4. The fourth-order valence-electron chi connectivity index (χ4n) is 4.43. The second-order valence-corrected chi connectivity index (χ2v) is 7.16. The van der Waals surface area contributed by atoms with Crippen LogP contribution in [0.25, 0.3) is 0 Å². The van der Waals surface area contributed by atoms with Crippen molar-refractivity contribution in [3.8, 4) is 5.75 Å². The van der Waals surface area contributed by atoms with Gasteiger partial charge in [0.05, 0.1) is 0 Å². The van der Waals surface area contributed by atoms with E-state index in [1.54, 1.807) is 6.07 Å². The van der Waals surface area contributed by atoms with Gasteiger partial charge in [-0.3, -0.25) is 0 Å². The molecule has 104 valence electrons. The second-order valence-electron chi connectivity index (χ2n) is 7.16. The summed E-state index contributed by atoms with van der Waals surface area (Å²) in [5.41, 5.74) is 1.31. The number of hydrogen-bond acceptors (Lipinski definition) is 2. The zero-order chi connectivity index (χ0) is 13.8. The molecule has 3 rings (SSSR count). The van der Waals surface area contributed by atoms with Crippen molar-refractivity contribution in [3.05, 3.63) is 24.0 Å². The minimum atomic E-state index is -0.559. The summed E-state index contributed by atoms with van der Waals surface area (Å²) in [5.74, 6) is -0.0861. The van der Waals surface area contributed by atoms with E-state index in [2.05, 4.69) is 26.1 Å². The van der Waals surface area contributed by atoms with Gasteiger partial charge in [0.15, 0.2) is 11.6 Å². The Morgan fingerprint density at radius 1 is 1.32 bits per heavy atom. The molecule has 1 aromatic rings. The highest BCUT2D eigenvalue weighted by molar-refractivity contribution is 5.49. The molecule has 0 amide bonds. The molecule has 0 saturated heterocycles. The standard InChI is InChI=1S/C16H22FNO/c1-15(2)10-6-7-16(3,9-10)14(15)18-11-4-5-13(19)12(17)8-11/h4-5,8,10,14,18-19H,6-7,9H2,1-3H3/t10-,14?,16+/m0/s1. The lowest BCUT2D eigenvalue weighted by Crippen LogP contribution is -2.45. The van der Waals surface area contributed by atoms with E-state index in [-0.39, 0.29) is 11.2 Å². The Balaban J connectivity index is 1.88. The summed E-state index contributed by atoms with van der Waals surface area (Å²) in [6.45, 7) is 6.98. The second kappa shape index (κ2) is 3.87. The number of phenols is 1. The number of hydrogen-bond donors (Lipinski definition) is 2. The first kappa shape index (κ1) is 12.8. The van der Waals surface area contributed by atoms with Gasteiger partial charge in [-0.05, 0) is 48.1 Å². The van der Waals surface area contributed by atoms with Gasteiger partial charge in [0.25, 0.3) is 0 Å². The van der Waals surface area contributed by atoms with Crippen molar-refractivity contribution in [2.45, 2.75) is 46.1 Å². The topological polar surface area (TPSA) is 32.3 Å². The largest absolute Gasteiger partial charge is 0.505 e. The van der Waals surface area contributed by atoms with Crippen molar-refractivity contribution in [3.63, 3.8) is 0 Å². The van der Waals surface area contributed by atoms with E-state index in [1.165, 1.54) is 31.4 Å². The predicted octanol–water partition coefficient (Wildman–Crippen LogP) is 4.16. The lowest BCUT2D eigenvalue weighted by molar-refractivity contribution is 0.155. The molecule has 0 aromatic heterocycles. The fourth-order valence-corrected chi connectivity index (χ4v) is 4.43. The molecule has 2 saturated carbocycles. The smallest absolute Gasteiger partial charge is 0.166 e. The van der Waals surface area contributed by atoms with Gasteiger partial charge in [-0.1, -0.05) is 20.8 Å². The summed E-state index contributed by atoms with van der Waals surface area (Å²) in [5, 5.41) is 12.8. The Kier molecular flexibility index (Phi) is 2.60. The van der Waals surface area contributed by atoms with Crippen molar-refractivity contribution in [2.75, 3.05) is 5.32 Å². The summed E-state index contributed by atoms with van der Waals surface area (Å²) in [4.78, 5) is 0. The molecule has 2 N–H and O–H groups in total. The first-order valence-electron chi connectivity index (χ1n) is 7.08. The molecule has 1 aromatic carbocycles. The molecule has 3 atom stereocenters. The van der Waals surface area contributed by atoms with Gasteiger partial charge >= 0.3 is 0 Å². The molecule has 19 heavy (non-hydrogen) atoms. The molecule has 2 bridgehead atoms. The third kappa shape index (κ3) is 1.82. The van der Waals surface area contributed by atoms with Crippen LogP contribution < -0.4 is 5.32 Å². The summed E-state index contributed by atoms with van der Waals surface area (Å²) < 4.78 is 13.4. The number of fused-ring (bicyclic) bond motifs is 2. The predicted molar refractivity (Wildman–Crippen MR) is 74.7 cm³/mol. The van der Waals surface area contributed by atoms with E-state index >= 15 is 0 Å². The quantitative estimate of drug-likeness (QED) is 0.785. The van der Waals surface area contributed by atoms with Gasteiger partial charge in [-0.15, -0.1) is 0 Å². The van der Waals surface area contributed by atoms with Crippen LogP contribution in [0.15, 0.2) is 18.2 Å². The maximum Gasteiger partial charge on any atom is 0.166 e. The van der Waals surface area contributed by atoms with Crippen molar-refractivity contribution < 1.29 is 9.50 Å². The summed E-state index contributed by atoms with van der Waals surface area (Å²) in [6, 6.07) is 4.92. The molecule has 0 radical (unpaired) electrons. The van der Waals surface area contributed by atoms with Crippen LogP contribution in [0.3, 0.4) is 0 Å². The zero-order valence-electron chi connectivity index (χ0n) is 11.8. The highest BCUT2D eigenvalue weighted by atomic mass is 19.1. The van der Waals surface area contributed by atoms with Crippen LogP contribution in [0.1, 0.15) is 40.0 Å². The van der Waals surface area contributed by atoms with Crippen molar-refractivity contribution in [1.82, 2.24) is 0 Å². The minimum Gasteiger partial charge on any atom is -0.505 e. The number of nitrogens with one attached hydrogen (secondary N) is 1. The van der Waals surface area contributed by atoms with Crippen molar-refractivity contribution >= 4 is 5.69 Å². The summed E-state index contributed by atoms with van der Waals surface area (Å²) >= 11 is 0. The molecular weight excluding hydrogens is 241 g/mol. The normalized spacial score (nSPS) is 35.6. The number of halogens is 1. The van der Waals surface area contributed by atoms with Gasteiger partial charge in [-0.2, -0.15) is 0 Å². The number of benzene rings is 1. The molecule has 3 heteroatoms. The highest BCUT2D eigenvalue weighted by Gasteiger charge is 2.59. The van der Waals surface area contributed by atoms with Gasteiger partial charge in [0.1, 0.15) is 0 Å². The molecule has 2 fully saturated rings. The number of aromatic hydroxyl groups is 1. The van der Waals surface area contributed by atoms with Gasteiger partial charge in [0.2, 0.25) is 0 Å². The van der Waals surface area contributed by atoms with Crippen molar-refractivity contribution in [1.29, 1.82) is 0 Å². The number of anilines is 1. The average Bonchev–Trinajstić information content (AvgIpc) is 2.80. The maximum absolute atomic E-state index is 13.4. The van der Waals surface area contributed by atoms with Crippen LogP contribution >= 0.6 is 0 Å². The first-order chi connectivity index (χ1) is 8.83. The Bertz CT molecular complexity index is 509. The number of rotatable bonds is 2. The van der Waals surface area contributed by atoms with Crippen LogP contribution in [0.4, 0.5) is 10.1 Å². The van der Waals surface area contributed by atoms with Crippen LogP contribution in [0, 0.1) is 22.6 Å². The van der Waals surface area contributed by atoms with Crippen LogP contribution in [0.5, 0.6) is 5.75 Å². The number of phenolic OH excluding ortho intramolecular Hbond substituents is 1. The van der Waals surface area contributed by atoms with E-state index < -0.39 is 5.82 Å². The van der Waals surface area contributed by atoms with E-state index in [1.807, 2.05) is 0 Å². The van der Waals surface area contributed by atoms with Gasteiger partial charge in [-0.25, -0.2) is 4.39 Å². The lowest BCUT2D eigenvalue weighted by Gasteiger charge is -2.43. The lowest BCUT2D eigenvalue weighted by atomic mass is 9.68. The van der Waals surface area contributed by atoms with Crippen LogP contribution in [-0.4, -0.2) is 11.1 Å². The Labute approximate surface area is 114 Å². The fraction of sp³-hybridized carbons (Fsp3) is 0.625. The molecule has 2 nitrogen and oxygen atoms in total. The molecule has 2 aliphatic carbocycles. The summed E-state index contributed by atoms with van der Waals surface area (Å²) in [6.07, 6.45) is 3.82. The van der Waals surface area contributed by atoms with Gasteiger partial charge < -0.3 is 10.4 Å². The van der Waals surface area contributed by atoms with Crippen molar-refractivity contribution in [2.24, 2.45) is 16.7 Å². The molecule has 1 unspecified atom stereocenters. The molecule has 0 aliphatic heterocycles. The van der Waals surface area contributed by atoms with Crippen LogP contribution in [-0.2, 0) is 0 Å². The first-order valence-corrected chi connectivity index (χ1v) is 7.08. The summed E-state index contributed by atoms with van der Waals surface area (Å²) in [7, 11) is 0. The molecule has 2 aliphatic rings. The Morgan fingerprint density at radius 3 is 2.63 bits per heavy atom. The van der Waals surface area contributed by atoms with Gasteiger partial charge in [0, 0.05) is 17.8 Å². The monoisotopic (exact) mass is 263 g/mol. The average molecular weight is 263 g/mol. The van der Waals surface area contributed by atoms with E-state index in [0.717, 1.165) is 11.6 Å². The van der Waals surface area contributed by atoms with E-state index in [0.29, 0.717) is 11.5 Å². The highest BCUT2D eigenvalue weighted by Crippen LogP contribution is 2.63. The molecule has 0 heterocycles. The van der Waals surface area contributed by atoms with E-state index in [9.17, 15) is 9.50 Å². The molecule has 0 spiro atoms. The zero-order valence-corrected chi connectivity index (χ0v) is 11.8. The third-order valence-electron chi connectivity index (χ3n) is 5.53. The van der Waals surface area contributed by atoms with Crippen LogP contribution in [0.2, 0.25) is 0 Å². The Morgan fingerprint density at radius 2 is 2.05 bits per heavy atom.